The number of phenols is 1. The number of rotatable bonds is 3. The van der Waals surface area contributed by atoms with Crippen LogP contribution in [0.15, 0.2) is 18.2 Å². The van der Waals surface area contributed by atoms with Gasteiger partial charge in [0.1, 0.15) is 16.4 Å². The molecule has 5 nitrogen and oxygen atoms in total. The second-order valence-electron chi connectivity index (χ2n) is 2.97. The van der Waals surface area contributed by atoms with Gasteiger partial charge in [0.25, 0.3) is 5.69 Å². The highest BCUT2D eigenvalue weighted by Crippen LogP contribution is 2.33. The molecule has 0 aliphatic carbocycles. The summed E-state index contributed by atoms with van der Waals surface area (Å²) in [6, 6.07) is 3.62. The van der Waals surface area contributed by atoms with Gasteiger partial charge >= 0.3 is 0 Å². The number of hydrogen-bond acceptors (Lipinski definition) is 4. The summed E-state index contributed by atoms with van der Waals surface area (Å²) in [4.78, 5) is 20.2. The van der Waals surface area contributed by atoms with E-state index in [0.717, 1.165) is 6.07 Å². The summed E-state index contributed by atoms with van der Waals surface area (Å²) in [6.45, 7) is 1.36. The molecule has 6 heteroatoms. The van der Waals surface area contributed by atoms with Crippen molar-refractivity contribution in [3.8, 4) is 5.75 Å². The van der Waals surface area contributed by atoms with E-state index in [1.807, 2.05) is 0 Å². The molecule has 0 aliphatic rings. The first kappa shape index (κ1) is 11.6. The number of non-ortho nitro benzene ring substituents is 1. The van der Waals surface area contributed by atoms with E-state index in [9.17, 15) is 20.0 Å². The summed E-state index contributed by atoms with van der Waals surface area (Å²) < 4.78 is 0. The molecule has 0 spiro atoms. The number of ketones is 1. The minimum Gasteiger partial charge on any atom is -0.507 e. The standard InChI is InChI=1S/C9H8BrNO4/c1-5(12)9(10)7-3-2-6(11(14)15)4-8(7)13/h2-4,9,13H,1H3. The van der Waals surface area contributed by atoms with E-state index in [4.69, 9.17) is 0 Å². The fourth-order valence-corrected chi connectivity index (χ4v) is 1.47. The molecule has 1 rings (SSSR count). The monoisotopic (exact) mass is 273 g/mol. The van der Waals surface area contributed by atoms with Gasteiger partial charge in [0.2, 0.25) is 0 Å². The van der Waals surface area contributed by atoms with Crippen LogP contribution in [0, 0.1) is 10.1 Å². The molecule has 0 bridgehead atoms. The number of nitro benzene ring substituents is 1. The van der Waals surface area contributed by atoms with E-state index < -0.39 is 9.75 Å². The average molecular weight is 274 g/mol. The third-order valence-corrected chi connectivity index (χ3v) is 2.99. The van der Waals surface area contributed by atoms with Crippen LogP contribution in [0.1, 0.15) is 17.3 Å². The maximum Gasteiger partial charge on any atom is 0.273 e. The van der Waals surface area contributed by atoms with Gasteiger partial charge < -0.3 is 5.11 Å². The van der Waals surface area contributed by atoms with Crippen molar-refractivity contribution >= 4 is 27.4 Å². The Morgan fingerprint density at radius 3 is 2.60 bits per heavy atom. The van der Waals surface area contributed by atoms with Crippen molar-refractivity contribution in [1.82, 2.24) is 0 Å². The van der Waals surface area contributed by atoms with Crippen molar-refractivity contribution in [2.75, 3.05) is 0 Å². The fourth-order valence-electron chi connectivity index (χ4n) is 1.08. The van der Waals surface area contributed by atoms with Gasteiger partial charge in [0, 0.05) is 11.6 Å². The molecule has 15 heavy (non-hydrogen) atoms. The second kappa shape index (κ2) is 4.39. The van der Waals surface area contributed by atoms with E-state index in [1.165, 1.54) is 19.1 Å². The number of aromatic hydroxyl groups is 1. The minimum absolute atomic E-state index is 0.181. The van der Waals surface area contributed by atoms with Crippen molar-refractivity contribution in [1.29, 1.82) is 0 Å². The number of nitrogens with zero attached hydrogens (tertiary/aromatic N) is 1. The van der Waals surface area contributed by atoms with Gasteiger partial charge in [0.05, 0.1) is 11.0 Å². The van der Waals surface area contributed by atoms with Crippen molar-refractivity contribution in [3.63, 3.8) is 0 Å². The highest BCUT2D eigenvalue weighted by molar-refractivity contribution is 9.09. The Morgan fingerprint density at radius 1 is 1.60 bits per heavy atom. The van der Waals surface area contributed by atoms with Crippen LogP contribution in [0.2, 0.25) is 0 Å². The highest BCUT2D eigenvalue weighted by Gasteiger charge is 2.18. The third-order valence-electron chi connectivity index (χ3n) is 1.85. The fraction of sp³-hybridized carbons (Fsp3) is 0.222. The van der Waals surface area contributed by atoms with Gasteiger partial charge in [-0.15, -0.1) is 0 Å². The van der Waals surface area contributed by atoms with E-state index in [-0.39, 0.29) is 17.2 Å². The van der Waals surface area contributed by atoms with Crippen LogP contribution in [0.3, 0.4) is 0 Å². The number of nitro groups is 1. The van der Waals surface area contributed by atoms with Crippen LogP contribution >= 0.6 is 15.9 Å². The lowest BCUT2D eigenvalue weighted by atomic mass is 10.1. The molecule has 1 aromatic rings. The quantitative estimate of drug-likeness (QED) is 0.521. The lowest BCUT2D eigenvalue weighted by molar-refractivity contribution is -0.384. The molecule has 1 aromatic carbocycles. The molecule has 80 valence electrons. The van der Waals surface area contributed by atoms with E-state index in [1.54, 1.807) is 0 Å². The summed E-state index contributed by atoms with van der Waals surface area (Å²) in [5, 5.41) is 19.9. The molecule has 1 N–H and O–H groups in total. The Bertz CT molecular complexity index is 419. The molecule has 0 heterocycles. The number of Topliss-reactive ketones (excluding diaryl/α,β-unsaturated/α-hetero) is 1. The van der Waals surface area contributed by atoms with Gasteiger partial charge in [-0.3, -0.25) is 14.9 Å². The van der Waals surface area contributed by atoms with Gasteiger partial charge in [-0.25, -0.2) is 0 Å². The number of carbonyl (C=O) groups excluding carboxylic acids is 1. The van der Waals surface area contributed by atoms with Gasteiger partial charge in [-0.05, 0) is 13.0 Å². The van der Waals surface area contributed by atoms with Crippen molar-refractivity contribution in [2.45, 2.75) is 11.8 Å². The predicted octanol–water partition coefficient (Wildman–Crippen LogP) is 2.33. The molecule has 0 aliphatic heterocycles. The highest BCUT2D eigenvalue weighted by atomic mass is 79.9. The first-order valence-corrected chi connectivity index (χ1v) is 4.97. The number of hydrogen-bond donors (Lipinski definition) is 1. The average Bonchev–Trinajstić information content (AvgIpc) is 2.16. The lowest BCUT2D eigenvalue weighted by Gasteiger charge is -2.07. The third kappa shape index (κ3) is 2.53. The molecule has 0 aromatic heterocycles. The molecular formula is C9H8BrNO4. The molecular weight excluding hydrogens is 266 g/mol. The van der Waals surface area contributed by atoms with Crippen molar-refractivity contribution in [2.24, 2.45) is 0 Å². The number of halogens is 1. The first-order chi connectivity index (χ1) is 6.93. The molecule has 1 atom stereocenters. The Balaban J connectivity index is 3.13. The molecule has 0 saturated heterocycles. The zero-order valence-corrected chi connectivity index (χ0v) is 9.39. The van der Waals surface area contributed by atoms with Crippen LogP contribution in [0.4, 0.5) is 5.69 Å². The Kier molecular flexibility index (Phi) is 3.41. The number of carbonyl (C=O) groups is 1. The summed E-state index contributed by atoms with van der Waals surface area (Å²) in [5.41, 5.74) is 0.118. The summed E-state index contributed by atoms with van der Waals surface area (Å²) in [7, 11) is 0. The topological polar surface area (TPSA) is 80.4 Å². The summed E-state index contributed by atoms with van der Waals surface area (Å²) >= 11 is 3.08. The Labute approximate surface area is 94.0 Å². The van der Waals surface area contributed by atoms with Gasteiger partial charge in [-0.2, -0.15) is 0 Å². The number of benzene rings is 1. The van der Waals surface area contributed by atoms with E-state index in [2.05, 4.69) is 15.9 Å². The number of alkyl halides is 1. The van der Waals surface area contributed by atoms with E-state index in [0.29, 0.717) is 5.56 Å². The van der Waals surface area contributed by atoms with Crippen molar-refractivity contribution < 1.29 is 14.8 Å². The second-order valence-corrected chi connectivity index (χ2v) is 3.89. The van der Waals surface area contributed by atoms with Crippen LogP contribution in [0.5, 0.6) is 5.75 Å². The normalized spacial score (nSPS) is 12.1. The van der Waals surface area contributed by atoms with Crippen LogP contribution < -0.4 is 0 Å². The predicted molar refractivity (Wildman–Crippen MR) is 57.1 cm³/mol. The van der Waals surface area contributed by atoms with Crippen LogP contribution in [-0.2, 0) is 4.79 Å². The Hall–Kier alpha value is -1.43. The lowest BCUT2D eigenvalue weighted by Crippen LogP contribution is -2.01. The smallest absolute Gasteiger partial charge is 0.273 e. The molecule has 0 amide bonds. The maximum atomic E-state index is 11.0. The van der Waals surface area contributed by atoms with Gasteiger partial charge in [0.15, 0.2) is 0 Å². The van der Waals surface area contributed by atoms with Crippen LogP contribution in [0.25, 0.3) is 0 Å². The maximum absolute atomic E-state index is 11.0. The molecule has 0 saturated carbocycles. The zero-order valence-electron chi connectivity index (χ0n) is 7.81. The molecule has 0 radical (unpaired) electrons. The SMILES string of the molecule is CC(=O)C(Br)c1ccc([N+](=O)[O-])cc1O. The minimum atomic E-state index is -0.640. The van der Waals surface area contributed by atoms with Crippen molar-refractivity contribution in [3.05, 3.63) is 33.9 Å². The summed E-state index contributed by atoms with van der Waals surface area (Å²) in [6.07, 6.45) is 0. The molecule has 0 fully saturated rings. The number of phenolic OH excluding ortho intramolecular Hbond substituents is 1. The molecule has 1 unspecified atom stereocenters. The van der Waals surface area contributed by atoms with E-state index >= 15 is 0 Å². The zero-order chi connectivity index (χ0) is 11.6. The van der Waals surface area contributed by atoms with Crippen LogP contribution in [-0.4, -0.2) is 15.8 Å². The summed E-state index contributed by atoms with van der Waals surface area (Å²) in [5.74, 6) is -0.444. The van der Waals surface area contributed by atoms with Gasteiger partial charge in [-0.1, -0.05) is 15.9 Å². The largest absolute Gasteiger partial charge is 0.507 e. The first-order valence-electron chi connectivity index (χ1n) is 4.05. The Morgan fingerprint density at radius 2 is 2.20 bits per heavy atom.